The van der Waals surface area contributed by atoms with Crippen molar-refractivity contribution in [1.29, 1.82) is 5.26 Å². The van der Waals surface area contributed by atoms with Gasteiger partial charge in [0.05, 0.1) is 39.7 Å². The van der Waals surface area contributed by atoms with Crippen LogP contribution in [0.5, 0.6) is 0 Å². The summed E-state index contributed by atoms with van der Waals surface area (Å²) in [7, 11) is 0. The number of rotatable bonds is 4. The van der Waals surface area contributed by atoms with Crippen LogP contribution >= 0.6 is 0 Å². The molecule has 0 aliphatic heterocycles. The Labute approximate surface area is 254 Å². The van der Waals surface area contributed by atoms with Crippen LogP contribution in [0.2, 0.25) is 0 Å². The van der Waals surface area contributed by atoms with E-state index in [1.165, 1.54) is 10.8 Å². The van der Waals surface area contributed by atoms with Gasteiger partial charge in [0, 0.05) is 11.1 Å². The van der Waals surface area contributed by atoms with E-state index in [4.69, 9.17) is 15.0 Å². The number of nitrogens with zero attached hydrogens (tertiary/aromatic N) is 4. The third-order valence-electron chi connectivity index (χ3n) is 8.09. The Hall–Kier alpha value is -6.18. The van der Waals surface area contributed by atoms with Gasteiger partial charge in [-0.2, -0.15) is 5.26 Å². The van der Waals surface area contributed by atoms with Gasteiger partial charge in [0.15, 0.2) is 0 Å². The fraction of sp³-hybridized carbons (Fsp3) is 0. The number of fused-ring (bicyclic) bond motifs is 3. The van der Waals surface area contributed by atoms with Crippen LogP contribution in [0.25, 0.3) is 77.6 Å². The molecular weight excluding hydrogens is 536 g/mol. The highest BCUT2D eigenvalue weighted by atomic mass is 14.9. The summed E-state index contributed by atoms with van der Waals surface area (Å²) >= 11 is 0. The first-order valence-corrected chi connectivity index (χ1v) is 14.5. The Morgan fingerprint density at radius 1 is 0.432 bits per heavy atom. The zero-order valence-electron chi connectivity index (χ0n) is 23.6. The van der Waals surface area contributed by atoms with E-state index < -0.39 is 0 Å². The quantitative estimate of drug-likeness (QED) is 0.215. The van der Waals surface area contributed by atoms with E-state index in [0.717, 1.165) is 61.1 Å². The summed E-state index contributed by atoms with van der Waals surface area (Å²) in [6.07, 6.45) is 0. The zero-order valence-corrected chi connectivity index (χ0v) is 23.6. The maximum Gasteiger partial charge on any atom is 0.116 e. The van der Waals surface area contributed by atoms with Gasteiger partial charge in [0.25, 0.3) is 0 Å². The van der Waals surface area contributed by atoms with E-state index in [9.17, 15) is 5.26 Å². The lowest BCUT2D eigenvalue weighted by Gasteiger charge is -2.15. The molecule has 4 heteroatoms. The predicted octanol–water partition coefficient (Wildman–Crippen LogP) is 9.87. The molecule has 0 saturated carbocycles. The molecule has 0 aliphatic rings. The van der Waals surface area contributed by atoms with Crippen molar-refractivity contribution in [3.05, 3.63) is 151 Å². The second-order valence-corrected chi connectivity index (χ2v) is 10.8. The van der Waals surface area contributed by atoms with Gasteiger partial charge < -0.3 is 0 Å². The van der Waals surface area contributed by atoms with Crippen molar-refractivity contribution in [2.75, 3.05) is 0 Å². The van der Waals surface area contributed by atoms with E-state index >= 15 is 0 Å². The van der Waals surface area contributed by atoms with Crippen LogP contribution < -0.4 is 0 Å². The first-order valence-electron chi connectivity index (χ1n) is 14.5. The summed E-state index contributed by atoms with van der Waals surface area (Å²) in [6.45, 7) is 0. The minimum absolute atomic E-state index is 0.596. The molecule has 0 spiro atoms. The number of nitriles is 1. The lowest BCUT2D eigenvalue weighted by atomic mass is 9.94. The van der Waals surface area contributed by atoms with Crippen LogP contribution in [-0.4, -0.2) is 15.0 Å². The molecule has 0 N–H and O–H groups in total. The molecule has 2 aromatic heterocycles. The molecule has 0 amide bonds. The van der Waals surface area contributed by atoms with E-state index in [1.54, 1.807) is 0 Å². The van der Waals surface area contributed by atoms with Crippen LogP contribution in [0.15, 0.2) is 146 Å². The topological polar surface area (TPSA) is 62.5 Å². The molecule has 8 rings (SSSR count). The standard InChI is InChI=1S/C40H24N4/c41-25-26-19-21-29(22-20-26)39-40(44-36-18-6-5-17-35(36)43-39)38-24-30(33-15-7-11-27-9-1-3-13-31(27)33)23-37(42-38)34-16-8-12-28-10-2-4-14-32(28)34/h1-24H. The van der Waals surface area contributed by atoms with Gasteiger partial charge in [-0.1, -0.05) is 109 Å². The Morgan fingerprint density at radius 3 is 1.66 bits per heavy atom. The Balaban J connectivity index is 1.45. The number of hydrogen-bond donors (Lipinski definition) is 0. The normalized spacial score (nSPS) is 11.2. The van der Waals surface area contributed by atoms with Crippen molar-refractivity contribution in [2.45, 2.75) is 0 Å². The summed E-state index contributed by atoms with van der Waals surface area (Å²) < 4.78 is 0. The van der Waals surface area contributed by atoms with Gasteiger partial charge in [-0.15, -0.1) is 0 Å². The maximum absolute atomic E-state index is 9.41. The Morgan fingerprint density at radius 2 is 0.977 bits per heavy atom. The fourth-order valence-electron chi connectivity index (χ4n) is 5.95. The van der Waals surface area contributed by atoms with Gasteiger partial charge >= 0.3 is 0 Å². The molecule has 0 fully saturated rings. The molecule has 44 heavy (non-hydrogen) atoms. The summed E-state index contributed by atoms with van der Waals surface area (Å²) in [5.41, 5.74) is 9.31. The van der Waals surface area contributed by atoms with Crippen molar-refractivity contribution in [3.8, 4) is 51.1 Å². The van der Waals surface area contributed by atoms with Gasteiger partial charge in [-0.3, -0.25) is 0 Å². The Bertz CT molecular complexity index is 2290. The third kappa shape index (κ3) is 4.45. The lowest BCUT2D eigenvalue weighted by Crippen LogP contribution is -1.99. The average Bonchev–Trinajstić information content (AvgIpc) is 3.10. The summed E-state index contributed by atoms with van der Waals surface area (Å²) in [5.74, 6) is 0. The first-order chi connectivity index (χ1) is 21.7. The van der Waals surface area contributed by atoms with Crippen molar-refractivity contribution in [3.63, 3.8) is 0 Å². The van der Waals surface area contributed by atoms with E-state index in [0.29, 0.717) is 11.3 Å². The van der Waals surface area contributed by atoms with Gasteiger partial charge in [0.2, 0.25) is 0 Å². The highest BCUT2D eigenvalue weighted by Gasteiger charge is 2.18. The molecule has 0 aliphatic carbocycles. The number of para-hydroxylation sites is 2. The van der Waals surface area contributed by atoms with Crippen molar-refractivity contribution in [1.82, 2.24) is 15.0 Å². The summed E-state index contributed by atoms with van der Waals surface area (Å²) in [4.78, 5) is 15.6. The van der Waals surface area contributed by atoms with Crippen LogP contribution in [0.1, 0.15) is 5.56 Å². The first kappa shape index (κ1) is 25.5. The molecule has 4 nitrogen and oxygen atoms in total. The molecule has 0 bridgehead atoms. The highest BCUT2D eigenvalue weighted by Crippen LogP contribution is 2.38. The smallest absolute Gasteiger partial charge is 0.116 e. The van der Waals surface area contributed by atoms with Crippen molar-refractivity contribution < 1.29 is 0 Å². The van der Waals surface area contributed by atoms with Crippen molar-refractivity contribution >= 4 is 32.6 Å². The number of pyridine rings is 1. The third-order valence-corrected chi connectivity index (χ3v) is 8.09. The minimum atomic E-state index is 0.596. The predicted molar refractivity (Wildman–Crippen MR) is 179 cm³/mol. The Kier molecular flexibility index (Phi) is 6.14. The van der Waals surface area contributed by atoms with Crippen LogP contribution in [-0.2, 0) is 0 Å². The van der Waals surface area contributed by atoms with E-state index in [2.05, 4.69) is 103 Å². The molecule has 8 aromatic rings. The van der Waals surface area contributed by atoms with Crippen LogP contribution in [0, 0.1) is 11.3 Å². The monoisotopic (exact) mass is 560 g/mol. The molecule has 0 atom stereocenters. The van der Waals surface area contributed by atoms with Crippen molar-refractivity contribution in [2.24, 2.45) is 0 Å². The molecule has 2 heterocycles. The van der Waals surface area contributed by atoms with Crippen LogP contribution in [0.3, 0.4) is 0 Å². The molecule has 0 radical (unpaired) electrons. The average molecular weight is 561 g/mol. The van der Waals surface area contributed by atoms with Gasteiger partial charge in [-0.25, -0.2) is 15.0 Å². The van der Waals surface area contributed by atoms with E-state index in [-0.39, 0.29) is 0 Å². The summed E-state index contributed by atoms with van der Waals surface area (Å²) in [6, 6.07) is 51.6. The molecular formula is C40H24N4. The lowest BCUT2D eigenvalue weighted by molar-refractivity contribution is 1.24. The molecule has 6 aromatic carbocycles. The molecule has 0 saturated heterocycles. The highest BCUT2D eigenvalue weighted by molar-refractivity contribution is 6.00. The second-order valence-electron chi connectivity index (χ2n) is 10.8. The van der Waals surface area contributed by atoms with E-state index in [1.807, 2.05) is 48.5 Å². The van der Waals surface area contributed by atoms with Crippen LogP contribution in [0.4, 0.5) is 0 Å². The molecule has 0 unspecified atom stereocenters. The van der Waals surface area contributed by atoms with Gasteiger partial charge in [-0.05, 0) is 69.1 Å². The molecule has 204 valence electrons. The maximum atomic E-state index is 9.41. The van der Waals surface area contributed by atoms with Gasteiger partial charge in [0.1, 0.15) is 5.69 Å². The largest absolute Gasteiger partial charge is 0.246 e. The second kappa shape index (κ2) is 10.6. The number of aromatic nitrogens is 3. The fourth-order valence-corrected chi connectivity index (χ4v) is 5.95. The zero-order chi connectivity index (χ0) is 29.5. The SMILES string of the molecule is N#Cc1ccc(-c2nc3ccccc3nc2-c2cc(-c3cccc4ccccc34)cc(-c3cccc4ccccc34)n2)cc1. The minimum Gasteiger partial charge on any atom is -0.246 e. The summed E-state index contributed by atoms with van der Waals surface area (Å²) in [5, 5.41) is 14.1. The number of hydrogen-bond acceptors (Lipinski definition) is 4. The number of benzene rings is 6.